The standard InChI is InChI=1S/C10H15NO/c1-5-9(7-11)10(6-2)8(3)12-4/h5-7,9-11H,1-3H2,4H3. The van der Waals surface area contributed by atoms with Crippen molar-refractivity contribution in [2.75, 3.05) is 7.11 Å². The lowest BCUT2D eigenvalue weighted by atomic mass is 9.92. The van der Waals surface area contributed by atoms with Crippen molar-refractivity contribution in [1.82, 2.24) is 0 Å². The molecule has 0 radical (unpaired) electrons. The van der Waals surface area contributed by atoms with Crippen LogP contribution in [0.3, 0.4) is 0 Å². The molecule has 2 atom stereocenters. The lowest BCUT2D eigenvalue weighted by molar-refractivity contribution is 0.252. The summed E-state index contributed by atoms with van der Waals surface area (Å²) >= 11 is 0. The molecular formula is C10H15NO. The number of rotatable bonds is 6. The highest BCUT2D eigenvalue weighted by molar-refractivity contribution is 5.61. The Bertz CT molecular complexity index is 188. The van der Waals surface area contributed by atoms with Crippen LogP contribution in [0.15, 0.2) is 37.6 Å². The van der Waals surface area contributed by atoms with E-state index >= 15 is 0 Å². The SMILES string of the molecule is C=CC(C=N)C(C=C)C(=C)OC. The van der Waals surface area contributed by atoms with E-state index in [2.05, 4.69) is 19.7 Å². The third-order valence-corrected chi connectivity index (χ3v) is 1.77. The Morgan fingerprint density at radius 2 is 2.00 bits per heavy atom. The number of hydrogen-bond acceptors (Lipinski definition) is 2. The van der Waals surface area contributed by atoms with Crippen molar-refractivity contribution in [1.29, 1.82) is 5.41 Å². The normalized spacial score (nSPS) is 14.1. The third kappa shape index (κ3) is 2.38. The van der Waals surface area contributed by atoms with E-state index in [1.807, 2.05) is 0 Å². The van der Waals surface area contributed by atoms with Gasteiger partial charge in [-0.15, -0.1) is 13.2 Å². The van der Waals surface area contributed by atoms with E-state index in [4.69, 9.17) is 10.1 Å². The summed E-state index contributed by atoms with van der Waals surface area (Å²) in [6.07, 6.45) is 4.70. The van der Waals surface area contributed by atoms with Crippen LogP contribution in [0.2, 0.25) is 0 Å². The fourth-order valence-corrected chi connectivity index (χ4v) is 0.958. The highest BCUT2D eigenvalue weighted by Crippen LogP contribution is 2.20. The van der Waals surface area contributed by atoms with Gasteiger partial charge in [0.05, 0.1) is 12.9 Å². The minimum atomic E-state index is -0.0741. The minimum Gasteiger partial charge on any atom is -0.501 e. The maximum atomic E-state index is 7.12. The van der Waals surface area contributed by atoms with Gasteiger partial charge in [-0.3, -0.25) is 0 Å². The quantitative estimate of drug-likeness (QED) is 0.366. The highest BCUT2D eigenvalue weighted by atomic mass is 16.5. The third-order valence-electron chi connectivity index (χ3n) is 1.77. The number of hydrogen-bond donors (Lipinski definition) is 1. The summed E-state index contributed by atoms with van der Waals surface area (Å²) in [5, 5.41) is 7.12. The molecule has 0 saturated carbocycles. The van der Waals surface area contributed by atoms with Crippen LogP contribution in [0.1, 0.15) is 0 Å². The monoisotopic (exact) mass is 165 g/mol. The van der Waals surface area contributed by atoms with Gasteiger partial charge in [-0.05, 0) is 0 Å². The average molecular weight is 165 g/mol. The molecule has 0 aromatic rings. The molecule has 0 amide bonds. The van der Waals surface area contributed by atoms with Crippen molar-refractivity contribution in [3.63, 3.8) is 0 Å². The van der Waals surface area contributed by atoms with Crippen LogP contribution in [0.4, 0.5) is 0 Å². The summed E-state index contributed by atoms with van der Waals surface area (Å²) in [4.78, 5) is 0. The van der Waals surface area contributed by atoms with Crippen LogP contribution in [-0.2, 0) is 4.74 Å². The van der Waals surface area contributed by atoms with Crippen molar-refractivity contribution in [3.05, 3.63) is 37.6 Å². The van der Waals surface area contributed by atoms with Gasteiger partial charge < -0.3 is 10.1 Å². The number of nitrogens with one attached hydrogen (secondary N) is 1. The lowest BCUT2D eigenvalue weighted by Crippen LogP contribution is -2.14. The maximum Gasteiger partial charge on any atom is 0.0961 e. The summed E-state index contributed by atoms with van der Waals surface area (Å²) in [5.41, 5.74) is 0. The molecule has 1 N–H and O–H groups in total. The smallest absolute Gasteiger partial charge is 0.0961 e. The molecule has 0 saturated heterocycles. The fourth-order valence-electron chi connectivity index (χ4n) is 0.958. The molecule has 0 bridgehead atoms. The molecule has 0 aliphatic heterocycles. The Labute approximate surface area is 73.8 Å². The molecule has 2 nitrogen and oxygen atoms in total. The molecule has 2 heteroatoms. The first-order valence-electron chi connectivity index (χ1n) is 3.69. The summed E-state index contributed by atoms with van der Waals surface area (Å²) in [6, 6.07) is 0. The zero-order valence-corrected chi connectivity index (χ0v) is 7.42. The lowest BCUT2D eigenvalue weighted by Gasteiger charge is -2.18. The Morgan fingerprint density at radius 1 is 1.42 bits per heavy atom. The molecule has 0 aromatic heterocycles. The van der Waals surface area contributed by atoms with Crippen LogP contribution in [0, 0.1) is 17.2 Å². The van der Waals surface area contributed by atoms with E-state index in [1.165, 1.54) is 6.21 Å². The van der Waals surface area contributed by atoms with E-state index in [0.717, 1.165) is 0 Å². The van der Waals surface area contributed by atoms with Crippen LogP contribution < -0.4 is 0 Å². The largest absolute Gasteiger partial charge is 0.501 e. The Hall–Kier alpha value is -1.31. The predicted molar refractivity (Wildman–Crippen MR) is 52.3 cm³/mol. The van der Waals surface area contributed by atoms with E-state index in [-0.39, 0.29) is 11.8 Å². The van der Waals surface area contributed by atoms with Crippen LogP contribution in [-0.4, -0.2) is 13.3 Å². The van der Waals surface area contributed by atoms with Crippen molar-refractivity contribution in [2.24, 2.45) is 11.8 Å². The second kappa shape index (κ2) is 5.35. The summed E-state index contributed by atoms with van der Waals surface area (Å²) in [5.74, 6) is 0.485. The molecule has 0 spiro atoms. The van der Waals surface area contributed by atoms with Gasteiger partial charge in [-0.25, -0.2) is 0 Å². The maximum absolute atomic E-state index is 7.12. The van der Waals surface area contributed by atoms with Gasteiger partial charge in [0.1, 0.15) is 0 Å². The van der Waals surface area contributed by atoms with E-state index in [1.54, 1.807) is 19.3 Å². The van der Waals surface area contributed by atoms with Gasteiger partial charge in [0, 0.05) is 18.1 Å². The number of allylic oxidation sites excluding steroid dienone is 2. The van der Waals surface area contributed by atoms with E-state index < -0.39 is 0 Å². The van der Waals surface area contributed by atoms with Crippen molar-refractivity contribution >= 4 is 6.21 Å². The van der Waals surface area contributed by atoms with Gasteiger partial charge >= 0.3 is 0 Å². The van der Waals surface area contributed by atoms with Crippen LogP contribution in [0.5, 0.6) is 0 Å². The summed E-state index contributed by atoms with van der Waals surface area (Å²) in [6.45, 7) is 11.0. The van der Waals surface area contributed by atoms with Gasteiger partial charge in [-0.2, -0.15) is 0 Å². The second-order valence-electron chi connectivity index (χ2n) is 2.41. The first-order chi connectivity index (χ1) is 5.71. The molecule has 2 unspecified atom stereocenters. The fraction of sp³-hybridized carbons (Fsp3) is 0.300. The van der Waals surface area contributed by atoms with Gasteiger partial charge in [0.15, 0.2) is 0 Å². The molecular weight excluding hydrogens is 150 g/mol. The predicted octanol–water partition coefficient (Wildman–Crippen LogP) is 2.40. The van der Waals surface area contributed by atoms with E-state index in [0.29, 0.717) is 5.76 Å². The molecule has 0 heterocycles. The molecule has 66 valence electrons. The molecule has 0 aromatic carbocycles. The Kier molecular flexibility index (Phi) is 4.77. The Morgan fingerprint density at radius 3 is 2.25 bits per heavy atom. The van der Waals surface area contributed by atoms with Gasteiger partial charge in [0.2, 0.25) is 0 Å². The summed E-state index contributed by atoms with van der Waals surface area (Å²) in [7, 11) is 1.56. The van der Waals surface area contributed by atoms with Crippen molar-refractivity contribution in [2.45, 2.75) is 0 Å². The van der Waals surface area contributed by atoms with Gasteiger partial charge in [0.25, 0.3) is 0 Å². The molecule has 0 fully saturated rings. The van der Waals surface area contributed by atoms with E-state index in [9.17, 15) is 0 Å². The molecule has 0 aliphatic carbocycles. The number of ether oxygens (including phenoxy) is 1. The molecule has 12 heavy (non-hydrogen) atoms. The first kappa shape index (κ1) is 10.7. The highest BCUT2D eigenvalue weighted by Gasteiger charge is 2.16. The zero-order chi connectivity index (χ0) is 9.56. The topological polar surface area (TPSA) is 33.1 Å². The first-order valence-corrected chi connectivity index (χ1v) is 3.69. The zero-order valence-electron chi connectivity index (χ0n) is 7.42. The average Bonchev–Trinajstić information content (AvgIpc) is 2.12. The van der Waals surface area contributed by atoms with Crippen LogP contribution in [0.25, 0.3) is 0 Å². The van der Waals surface area contributed by atoms with Crippen molar-refractivity contribution in [3.8, 4) is 0 Å². The number of methoxy groups -OCH3 is 1. The van der Waals surface area contributed by atoms with Crippen LogP contribution >= 0.6 is 0 Å². The second-order valence-corrected chi connectivity index (χ2v) is 2.41. The summed E-state index contributed by atoms with van der Waals surface area (Å²) < 4.78 is 4.97. The van der Waals surface area contributed by atoms with Gasteiger partial charge in [-0.1, -0.05) is 18.7 Å². The minimum absolute atomic E-state index is 0.0509. The Balaban J connectivity index is 4.50. The molecule has 0 rings (SSSR count). The molecule has 0 aliphatic rings. The van der Waals surface area contributed by atoms with Crippen molar-refractivity contribution < 1.29 is 4.74 Å².